The van der Waals surface area contributed by atoms with Gasteiger partial charge >= 0.3 is 5.69 Å². The molecular formula is C11H13N3O3. The minimum Gasteiger partial charge on any atom is -0.490 e. The number of fused-ring (bicyclic) bond motifs is 1. The molecule has 0 saturated heterocycles. The molecule has 17 heavy (non-hydrogen) atoms. The molecule has 0 saturated carbocycles. The predicted octanol–water partition coefficient (Wildman–Crippen LogP) is 1.59. The molecule has 2 aromatic rings. The molecule has 3 N–H and O–H groups in total. The van der Waals surface area contributed by atoms with E-state index in [0.29, 0.717) is 13.0 Å². The summed E-state index contributed by atoms with van der Waals surface area (Å²) in [6.07, 6.45) is 2.46. The van der Waals surface area contributed by atoms with E-state index in [0.717, 1.165) is 16.5 Å². The van der Waals surface area contributed by atoms with Gasteiger partial charge in [-0.25, -0.2) is 0 Å². The number of hydrogen-bond acceptors (Lipinski definition) is 4. The summed E-state index contributed by atoms with van der Waals surface area (Å²) in [5, 5.41) is 11.6. The van der Waals surface area contributed by atoms with Gasteiger partial charge in [-0.05, 0) is 24.6 Å². The van der Waals surface area contributed by atoms with E-state index < -0.39 is 4.92 Å². The maximum absolute atomic E-state index is 10.9. The van der Waals surface area contributed by atoms with Crippen LogP contribution in [0, 0.1) is 10.1 Å². The van der Waals surface area contributed by atoms with Crippen LogP contribution in [0.1, 0.15) is 5.56 Å². The first-order valence-corrected chi connectivity index (χ1v) is 5.20. The minimum absolute atomic E-state index is 0.0297. The van der Waals surface area contributed by atoms with Gasteiger partial charge in [0.2, 0.25) is 5.75 Å². The van der Waals surface area contributed by atoms with E-state index in [1.54, 1.807) is 6.07 Å². The van der Waals surface area contributed by atoms with Crippen LogP contribution < -0.4 is 10.5 Å². The lowest BCUT2D eigenvalue weighted by atomic mass is 10.1. The second-order valence-electron chi connectivity index (χ2n) is 3.65. The molecule has 0 spiro atoms. The monoisotopic (exact) mass is 235 g/mol. The summed E-state index contributed by atoms with van der Waals surface area (Å²) in [6, 6.07) is 3.11. The highest BCUT2D eigenvalue weighted by Crippen LogP contribution is 2.37. The smallest absolute Gasteiger partial charge is 0.311 e. The van der Waals surface area contributed by atoms with Gasteiger partial charge in [-0.1, -0.05) is 0 Å². The first-order chi connectivity index (χ1) is 8.19. The van der Waals surface area contributed by atoms with Crippen LogP contribution in [-0.2, 0) is 6.42 Å². The summed E-state index contributed by atoms with van der Waals surface area (Å²) < 4.78 is 5.16. The highest BCUT2D eigenvalue weighted by molar-refractivity contribution is 5.92. The Balaban J connectivity index is 2.73. The third-order valence-electron chi connectivity index (χ3n) is 2.67. The first-order valence-electron chi connectivity index (χ1n) is 5.20. The van der Waals surface area contributed by atoms with E-state index in [4.69, 9.17) is 10.5 Å². The van der Waals surface area contributed by atoms with E-state index in [1.807, 2.05) is 6.20 Å². The highest BCUT2D eigenvalue weighted by Gasteiger charge is 2.20. The van der Waals surface area contributed by atoms with Crippen LogP contribution >= 0.6 is 0 Å². The Labute approximate surface area is 97.5 Å². The molecule has 0 bridgehead atoms. The largest absolute Gasteiger partial charge is 0.490 e. The summed E-state index contributed by atoms with van der Waals surface area (Å²) in [5.41, 5.74) is 7.23. The number of aromatic nitrogens is 1. The number of methoxy groups -OCH3 is 1. The van der Waals surface area contributed by atoms with E-state index in [2.05, 4.69) is 4.98 Å². The van der Waals surface area contributed by atoms with Gasteiger partial charge in [0.1, 0.15) is 0 Å². The zero-order valence-corrected chi connectivity index (χ0v) is 9.40. The molecule has 0 aliphatic heterocycles. The van der Waals surface area contributed by atoms with Crippen LogP contribution in [0.3, 0.4) is 0 Å². The average Bonchev–Trinajstić information content (AvgIpc) is 2.72. The van der Waals surface area contributed by atoms with Crippen molar-refractivity contribution in [1.82, 2.24) is 4.98 Å². The number of nitro groups is 1. The maximum Gasteiger partial charge on any atom is 0.311 e. The van der Waals surface area contributed by atoms with Gasteiger partial charge in [-0.15, -0.1) is 0 Å². The number of nitro benzene ring substituents is 1. The van der Waals surface area contributed by atoms with Crippen molar-refractivity contribution in [2.45, 2.75) is 6.42 Å². The molecule has 1 heterocycles. The second-order valence-corrected chi connectivity index (χ2v) is 3.65. The average molecular weight is 235 g/mol. The Morgan fingerprint density at radius 2 is 2.29 bits per heavy atom. The van der Waals surface area contributed by atoms with Crippen molar-refractivity contribution in [3.63, 3.8) is 0 Å². The third-order valence-corrected chi connectivity index (χ3v) is 2.67. The molecule has 1 aromatic carbocycles. The third kappa shape index (κ3) is 1.83. The molecule has 0 unspecified atom stereocenters. The van der Waals surface area contributed by atoms with Crippen LogP contribution in [0.15, 0.2) is 18.3 Å². The van der Waals surface area contributed by atoms with Crippen molar-refractivity contribution in [3.05, 3.63) is 34.0 Å². The lowest BCUT2D eigenvalue weighted by Gasteiger charge is -2.05. The molecule has 1 aromatic heterocycles. The fourth-order valence-corrected chi connectivity index (χ4v) is 1.95. The Morgan fingerprint density at radius 3 is 2.88 bits per heavy atom. The van der Waals surface area contributed by atoms with Crippen LogP contribution in [0.2, 0.25) is 0 Å². The molecule has 0 aliphatic rings. The number of ether oxygens (including phenoxy) is 1. The van der Waals surface area contributed by atoms with Crippen molar-refractivity contribution in [2.75, 3.05) is 13.7 Å². The molecule has 0 aliphatic carbocycles. The number of H-pyrrole nitrogens is 1. The Morgan fingerprint density at radius 1 is 1.53 bits per heavy atom. The van der Waals surface area contributed by atoms with Gasteiger partial charge in [-0.2, -0.15) is 0 Å². The molecule has 2 rings (SSSR count). The normalized spacial score (nSPS) is 10.7. The summed E-state index contributed by atoms with van der Waals surface area (Å²) in [4.78, 5) is 13.5. The fourth-order valence-electron chi connectivity index (χ4n) is 1.95. The Bertz CT molecular complexity index is 562. The standard InChI is InChI=1S/C11H13N3O3/c1-17-11-9(14(15)16)3-2-8-10(11)7(4-5-12)6-13-8/h2-3,6,13H,4-5,12H2,1H3. The summed E-state index contributed by atoms with van der Waals surface area (Å²) in [6.45, 7) is 0.485. The molecule has 0 fully saturated rings. The number of aromatic amines is 1. The van der Waals surface area contributed by atoms with Crippen LogP contribution in [0.4, 0.5) is 5.69 Å². The number of nitrogens with two attached hydrogens (primary N) is 1. The maximum atomic E-state index is 10.9. The van der Waals surface area contributed by atoms with Crippen molar-refractivity contribution in [3.8, 4) is 5.75 Å². The first kappa shape index (κ1) is 11.4. The van der Waals surface area contributed by atoms with E-state index in [9.17, 15) is 10.1 Å². The zero-order chi connectivity index (χ0) is 12.4. The molecule has 0 atom stereocenters. The topological polar surface area (TPSA) is 94.2 Å². The summed E-state index contributed by atoms with van der Waals surface area (Å²) in [5.74, 6) is 0.289. The van der Waals surface area contributed by atoms with Crippen LogP contribution in [0.5, 0.6) is 5.75 Å². The van der Waals surface area contributed by atoms with E-state index >= 15 is 0 Å². The number of rotatable bonds is 4. The highest BCUT2D eigenvalue weighted by atomic mass is 16.6. The van der Waals surface area contributed by atoms with Crippen molar-refractivity contribution < 1.29 is 9.66 Å². The fraction of sp³-hybridized carbons (Fsp3) is 0.273. The molecule has 6 heteroatoms. The quantitative estimate of drug-likeness (QED) is 0.621. The summed E-state index contributed by atoms with van der Waals surface area (Å²) >= 11 is 0. The van der Waals surface area contributed by atoms with E-state index in [-0.39, 0.29) is 11.4 Å². The lowest BCUT2D eigenvalue weighted by molar-refractivity contribution is -0.385. The number of nitrogens with one attached hydrogen (secondary N) is 1. The number of benzene rings is 1. The van der Waals surface area contributed by atoms with Gasteiger partial charge in [-0.3, -0.25) is 10.1 Å². The van der Waals surface area contributed by atoms with Gasteiger partial charge in [0.25, 0.3) is 0 Å². The molecule has 0 radical (unpaired) electrons. The van der Waals surface area contributed by atoms with Crippen LogP contribution in [-0.4, -0.2) is 23.6 Å². The van der Waals surface area contributed by atoms with E-state index in [1.165, 1.54) is 13.2 Å². The number of nitrogens with zero attached hydrogens (tertiary/aromatic N) is 1. The van der Waals surface area contributed by atoms with Crippen molar-refractivity contribution in [2.24, 2.45) is 5.73 Å². The van der Waals surface area contributed by atoms with Crippen molar-refractivity contribution in [1.29, 1.82) is 0 Å². The van der Waals surface area contributed by atoms with Crippen molar-refractivity contribution >= 4 is 16.6 Å². The van der Waals surface area contributed by atoms with Crippen LogP contribution in [0.25, 0.3) is 10.9 Å². The zero-order valence-electron chi connectivity index (χ0n) is 9.40. The van der Waals surface area contributed by atoms with Gasteiger partial charge in [0, 0.05) is 17.8 Å². The van der Waals surface area contributed by atoms with Gasteiger partial charge in [0.05, 0.1) is 17.4 Å². The van der Waals surface area contributed by atoms with Gasteiger partial charge < -0.3 is 15.5 Å². The lowest BCUT2D eigenvalue weighted by Crippen LogP contribution is -2.02. The molecule has 0 amide bonds. The molecule has 6 nitrogen and oxygen atoms in total. The Kier molecular flexibility index (Phi) is 2.97. The molecular weight excluding hydrogens is 222 g/mol. The second kappa shape index (κ2) is 4.42. The predicted molar refractivity (Wildman–Crippen MR) is 64.3 cm³/mol. The summed E-state index contributed by atoms with van der Waals surface area (Å²) in [7, 11) is 1.43. The molecule has 90 valence electrons. The van der Waals surface area contributed by atoms with Gasteiger partial charge in [0.15, 0.2) is 0 Å². The number of hydrogen-bond donors (Lipinski definition) is 2. The SMILES string of the molecule is COc1c([N+](=O)[O-])ccc2[nH]cc(CCN)c12. The Hall–Kier alpha value is -2.08. The minimum atomic E-state index is -0.447.